The number of carbonyl (C=O) groups is 1. The van der Waals surface area contributed by atoms with Crippen molar-refractivity contribution in [3.05, 3.63) is 52.3 Å². The molecule has 0 bridgehead atoms. The van der Waals surface area contributed by atoms with Crippen LogP contribution in [0.5, 0.6) is 5.75 Å². The van der Waals surface area contributed by atoms with Crippen molar-refractivity contribution in [1.82, 2.24) is 4.57 Å². The first-order valence-electron chi connectivity index (χ1n) is 8.23. The third-order valence-corrected chi connectivity index (χ3v) is 3.45. The summed E-state index contributed by atoms with van der Waals surface area (Å²) in [4.78, 5) is 23.7. The molecule has 0 saturated heterocycles. The van der Waals surface area contributed by atoms with Crippen molar-refractivity contribution in [3.8, 4) is 5.75 Å². The van der Waals surface area contributed by atoms with Gasteiger partial charge in [-0.2, -0.15) is 0 Å². The lowest BCUT2D eigenvalue weighted by molar-refractivity contribution is 0.0488. The number of pyridine rings is 1. The lowest BCUT2D eigenvalue weighted by atomic mass is 10.3. The Morgan fingerprint density at radius 1 is 1.21 bits per heavy atom. The number of rotatable bonds is 9. The third-order valence-electron chi connectivity index (χ3n) is 3.45. The summed E-state index contributed by atoms with van der Waals surface area (Å²) in [5, 5.41) is 0. The van der Waals surface area contributed by atoms with Crippen LogP contribution in [0.15, 0.2) is 39.7 Å². The van der Waals surface area contributed by atoms with Gasteiger partial charge in [-0.3, -0.25) is 4.79 Å². The van der Waals surface area contributed by atoms with E-state index in [1.807, 2.05) is 0 Å². The molecule has 2 rings (SSSR count). The van der Waals surface area contributed by atoms with Crippen molar-refractivity contribution in [3.63, 3.8) is 0 Å². The molecule has 0 atom stereocenters. The van der Waals surface area contributed by atoms with Gasteiger partial charge in [0.05, 0.1) is 19.8 Å². The highest BCUT2D eigenvalue weighted by atomic mass is 16.5. The minimum atomic E-state index is -0.507. The van der Waals surface area contributed by atoms with Crippen molar-refractivity contribution in [2.45, 2.75) is 39.7 Å². The number of esters is 1. The van der Waals surface area contributed by atoms with Gasteiger partial charge in [-0.1, -0.05) is 19.8 Å². The molecule has 0 aliphatic carbocycles. The fraction of sp³-hybridized carbons (Fsp3) is 0.444. The second kappa shape index (κ2) is 8.96. The van der Waals surface area contributed by atoms with Crippen molar-refractivity contribution in [2.24, 2.45) is 0 Å². The normalized spacial score (nSPS) is 10.6. The molecule has 6 nitrogen and oxygen atoms in total. The number of hydrogen-bond donors (Lipinski definition) is 0. The summed E-state index contributed by atoms with van der Waals surface area (Å²) in [5.41, 5.74) is -0.183. The van der Waals surface area contributed by atoms with Gasteiger partial charge in [-0.05, 0) is 31.5 Å². The molecular formula is C18H23NO5. The van der Waals surface area contributed by atoms with Crippen molar-refractivity contribution in [1.29, 1.82) is 0 Å². The van der Waals surface area contributed by atoms with E-state index in [0.29, 0.717) is 18.1 Å². The number of carbonyl (C=O) groups excluding carboxylic acids is 1. The molecule has 0 unspecified atom stereocenters. The topological polar surface area (TPSA) is 70.7 Å². The largest absolute Gasteiger partial charge is 0.493 e. The summed E-state index contributed by atoms with van der Waals surface area (Å²) < 4.78 is 17.3. The van der Waals surface area contributed by atoms with Gasteiger partial charge in [0, 0.05) is 12.3 Å². The fourth-order valence-corrected chi connectivity index (χ4v) is 2.19. The molecule has 24 heavy (non-hydrogen) atoms. The average molecular weight is 333 g/mol. The Bertz CT molecular complexity index is 716. The molecule has 0 aliphatic heterocycles. The van der Waals surface area contributed by atoms with E-state index in [0.717, 1.165) is 19.3 Å². The van der Waals surface area contributed by atoms with Crippen molar-refractivity contribution >= 4 is 5.97 Å². The van der Waals surface area contributed by atoms with Gasteiger partial charge in [0.15, 0.2) is 0 Å². The highest BCUT2D eigenvalue weighted by Crippen LogP contribution is 2.12. The first-order valence-corrected chi connectivity index (χ1v) is 8.23. The van der Waals surface area contributed by atoms with Gasteiger partial charge < -0.3 is 18.5 Å². The van der Waals surface area contributed by atoms with E-state index in [1.54, 1.807) is 31.3 Å². The van der Waals surface area contributed by atoms with E-state index in [9.17, 15) is 9.59 Å². The first-order chi connectivity index (χ1) is 11.6. The van der Waals surface area contributed by atoms with Gasteiger partial charge in [-0.15, -0.1) is 0 Å². The standard InChI is InChI=1S/C18H23NO5/c1-3-5-6-11-23-14-9-10-19(17(20)12-14)13-15-7-8-16(24-15)18(21)22-4-2/h7-10,12H,3-6,11,13H2,1-2H3. The first kappa shape index (κ1) is 17.8. The Morgan fingerprint density at radius 2 is 2.04 bits per heavy atom. The smallest absolute Gasteiger partial charge is 0.374 e. The van der Waals surface area contributed by atoms with Crippen LogP contribution in [0.1, 0.15) is 49.4 Å². The molecule has 130 valence electrons. The molecule has 0 saturated carbocycles. The van der Waals surface area contributed by atoms with Crippen LogP contribution >= 0.6 is 0 Å². The molecule has 2 aromatic rings. The number of aromatic nitrogens is 1. The van der Waals surface area contributed by atoms with Gasteiger partial charge in [0.2, 0.25) is 5.76 Å². The van der Waals surface area contributed by atoms with Crippen LogP contribution in [0, 0.1) is 0 Å². The number of unbranched alkanes of at least 4 members (excludes halogenated alkanes) is 2. The molecule has 0 spiro atoms. The van der Waals surface area contributed by atoms with Crippen LogP contribution in [0.2, 0.25) is 0 Å². The number of hydrogen-bond acceptors (Lipinski definition) is 5. The molecule has 0 aromatic carbocycles. The van der Waals surface area contributed by atoms with Crippen molar-refractivity contribution < 1.29 is 18.7 Å². The Kier molecular flexibility index (Phi) is 6.66. The molecule has 2 aromatic heterocycles. The van der Waals surface area contributed by atoms with E-state index >= 15 is 0 Å². The zero-order valence-corrected chi connectivity index (χ0v) is 14.1. The molecule has 0 fully saturated rings. The van der Waals surface area contributed by atoms with Gasteiger partial charge >= 0.3 is 5.97 Å². The zero-order chi connectivity index (χ0) is 17.4. The Balaban J connectivity index is 1.98. The summed E-state index contributed by atoms with van der Waals surface area (Å²) >= 11 is 0. The highest BCUT2D eigenvalue weighted by molar-refractivity contribution is 5.86. The van der Waals surface area contributed by atoms with Crippen LogP contribution in [0.3, 0.4) is 0 Å². The Morgan fingerprint density at radius 3 is 2.75 bits per heavy atom. The van der Waals surface area contributed by atoms with E-state index < -0.39 is 5.97 Å². The van der Waals surface area contributed by atoms with Crippen LogP contribution < -0.4 is 10.3 Å². The molecule has 0 radical (unpaired) electrons. The third kappa shape index (κ3) is 5.01. The molecular weight excluding hydrogens is 310 g/mol. The summed E-state index contributed by atoms with van der Waals surface area (Å²) in [6, 6.07) is 6.42. The SMILES string of the molecule is CCCCCOc1ccn(Cc2ccc(C(=O)OCC)o2)c(=O)c1. The summed E-state index contributed by atoms with van der Waals surface area (Å²) in [5.74, 6) is 0.707. The van der Waals surface area contributed by atoms with Crippen molar-refractivity contribution in [2.75, 3.05) is 13.2 Å². The van der Waals surface area contributed by atoms with Crippen LogP contribution in [-0.4, -0.2) is 23.8 Å². The lowest BCUT2D eigenvalue weighted by Crippen LogP contribution is -2.19. The Hall–Kier alpha value is -2.50. The number of furan rings is 1. The van der Waals surface area contributed by atoms with Crippen LogP contribution in [0.4, 0.5) is 0 Å². The maximum Gasteiger partial charge on any atom is 0.374 e. The predicted octanol–water partition coefficient (Wildman–Crippen LogP) is 3.24. The summed E-state index contributed by atoms with van der Waals surface area (Å²) in [7, 11) is 0. The maximum absolute atomic E-state index is 12.1. The second-order valence-electron chi connectivity index (χ2n) is 5.37. The summed E-state index contributed by atoms with van der Waals surface area (Å²) in [6.45, 7) is 5.00. The highest BCUT2D eigenvalue weighted by Gasteiger charge is 2.12. The maximum atomic E-state index is 12.1. The minimum absolute atomic E-state index is 0.135. The molecule has 6 heteroatoms. The zero-order valence-electron chi connectivity index (χ0n) is 14.1. The summed E-state index contributed by atoms with van der Waals surface area (Å²) in [6.07, 6.45) is 4.87. The molecule has 0 aliphatic rings. The Labute approximate surface area is 141 Å². The van der Waals surface area contributed by atoms with Crippen LogP contribution in [-0.2, 0) is 11.3 Å². The van der Waals surface area contributed by atoms with E-state index in [2.05, 4.69) is 6.92 Å². The lowest BCUT2D eigenvalue weighted by Gasteiger charge is -2.07. The van der Waals surface area contributed by atoms with E-state index in [1.165, 1.54) is 10.6 Å². The van der Waals surface area contributed by atoms with Gasteiger partial charge in [-0.25, -0.2) is 4.79 Å². The number of ether oxygens (including phenoxy) is 2. The van der Waals surface area contributed by atoms with Gasteiger partial charge in [0.25, 0.3) is 5.56 Å². The number of nitrogens with zero attached hydrogens (tertiary/aromatic N) is 1. The monoisotopic (exact) mass is 333 g/mol. The second-order valence-corrected chi connectivity index (χ2v) is 5.37. The minimum Gasteiger partial charge on any atom is -0.493 e. The predicted molar refractivity (Wildman–Crippen MR) is 89.5 cm³/mol. The van der Waals surface area contributed by atoms with E-state index in [-0.39, 0.29) is 24.5 Å². The van der Waals surface area contributed by atoms with E-state index in [4.69, 9.17) is 13.9 Å². The average Bonchev–Trinajstić information content (AvgIpc) is 3.03. The molecule has 0 N–H and O–H groups in total. The molecule has 2 heterocycles. The molecule has 0 amide bonds. The van der Waals surface area contributed by atoms with Gasteiger partial charge in [0.1, 0.15) is 11.5 Å². The van der Waals surface area contributed by atoms with Crippen LogP contribution in [0.25, 0.3) is 0 Å². The quantitative estimate of drug-likeness (QED) is 0.520. The fourth-order valence-electron chi connectivity index (χ4n) is 2.19.